The van der Waals surface area contributed by atoms with Crippen molar-refractivity contribution in [2.75, 3.05) is 12.8 Å². The Morgan fingerprint density at radius 3 is 2.90 bits per heavy atom. The lowest BCUT2D eigenvalue weighted by Crippen LogP contribution is -2.18. The number of aromatic nitrogens is 2. The maximum absolute atomic E-state index is 13.8. The predicted octanol–water partition coefficient (Wildman–Crippen LogP) is 3.20. The first-order chi connectivity index (χ1) is 10.2. The number of anilines is 1. The molecule has 2 aliphatic carbocycles. The number of ether oxygens (including phenoxy) is 1. The van der Waals surface area contributed by atoms with Crippen LogP contribution >= 0.6 is 0 Å². The third kappa shape index (κ3) is 1.98. The molecule has 112 valence electrons. The van der Waals surface area contributed by atoms with Gasteiger partial charge < -0.3 is 15.0 Å². The number of nitrogen functional groups attached to an aromatic ring is 1. The number of methoxy groups -OCH3 is 1. The molecule has 1 heterocycles. The summed E-state index contributed by atoms with van der Waals surface area (Å²) in [7, 11) is 1.48. The number of rotatable bonds is 3. The first-order valence-electron chi connectivity index (χ1n) is 7.65. The van der Waals surface area contributed by atoms with Crippen LogP contribution in [0.1, 0.15) is 25.7 Å². The third-order valence-electron chi connectivity index (χ3n) is 5.35. The van der Waals surface area contributed by atoms with Crippen LogP contribution in [0.15, 0.2) is 12.1 Å². The lowest BCUT2D eigenvalue weighted by molar-refractivity contribution is 0.299. The number of benzene rings is 1. The Morgan fingerprint density at radius 2 is 2.24 bits per heavy atom. The molecule has 0 radical (unpaired) electrons. The van der Waals surface area contributed by atoms with Gasteiger partial charge in [-0.05, 0) is 37.0 Å². The van der Waals surface area contributed by atoms with E-state index in [-0.39, 0.29) is 5.75 Å². The molecule has 0 aliphatic heterocycles. The van der Waals surface area contributed by atoms with Crippen LogP contribution in [-0.2, 0) is 6.54 Å². The van der Waals surface area contributed by atoms with Gasteiger partial charge in [0.15, 0.2) is 11.6 Å². The Labute approximate surface area is 123 Å². The second-order valence-electron chi connectivity index (χ2n) is 6.49. The minimum Gasteiger partial charge on any atom is -0.494 e. The molecule has 1 aromatic heterocycles. The largest absolute Gasteiger partial charge is 0.494 e. The van der Waals surface area contributed by atoms with Crippen LogP contribution in [0.25, 0.3) is 11.0 Å². The van der Waals surface area contributed by atoms with Gasteiger partial charge in [-0.1, -0.05) is 6.42 Å². The average molecular weight is 289 g/mol. The lowest BCUT2D eigenvalue weighted by Gasteiger charge is -2.22. The van der Waals surface area contributed by atoms with Gasteiger partial charge >= 0.3 is 0 Å². The van der Waals surface area contributed by atoms with E-state index in [1.54, 1.807) is 6.07 Å². The molecule has 0 saturated heterocycles. The van der Waals surface area contributed by atoms with Gasteiger partial charge in [0, 0.05) is 18.7 Å². The molecule has 4 nitrogen and oxygen atoms in total. The summed E-state index contributed by atoms with van der Waals surface area (Å²) in [5, 5.41) is 0. The molecule has 2 bridgehead atoms. The highest BCUT2D eigenvalue weighted by molar-refractivity contribution is 5.80. The molecular formula is C16H20FN3O. The van der Waals surface area contributed by atoms with Crippen molar-refractivity contribution in [2.24, 2.45) is 17.8 Å². The Morgan fingerprint density at radius 1 is 1.38 bits per heavy atom. The fraction of sp³-hybridized carbons (Fsp3) is 0.562. The van der Waals surface area contributed by atoms with Crippen molar-refractivity contribution in [2.45, 2.75) is 32.2 Å². The fourth-order valence-electron chi connectivity index (χ4n) is 4.33. The highest BCUT2D eigenvalue weighted by atomic mass is 19.1. The number of nitrogens with two attached hydrogens (primary N) is 1. The molecule has 2 aliphatic rings. The van der Waals surface area contributed by atoms with Gasteiger partial charge in [0.2, 0.25) is 5.95 Å². The molecule has 3 atom stereocenters. The van der Waals surface area contributed by atoms with E-state index in [4.69, 9.17) is 10.5 Å². The van der Waals surface area contributed by atoms with Crippen molar-refractivity contribution >= 4 is 17.0 Å². The van der Waals surface area contributed by atoms with Crippen LogP contribution in [0, 0.1) is 23.6 Å². The van der Waals surface area contributed by atoms with Crippen LogP contribution in [0.5, 0.6) is 5.75 Å². The number of hydrogen-bond donors (Lipinski definition) is 1. The SMILES string of the molecule is COc1cc2c(cc1F)nc(N)n2CC1CC2CCC1C2. The molecule has 0 spiro atoms. The Bertz CT molecular complexity index is 696. The van der Waals surface area contributed by atoms with E-state index < -0.39 is 5.82 Å². The molecule has 2 saturated carbocycles. The minimum absolute atomic E-state index is 0.247. The summed E-state index contributed by atoms with van der Waals surface area (Å²) in [6, 6.07) is 3.11. The number of hydrogen-bond acceptors (Lipinski definition) is 3. The summed E-state index contributed by atoms with van der Waals surface area (Å²) in [6.07, 6.45) is 5.40. The minimum atomic E-state index is -0.394. The Balaban J connectivity index is 1.72. The first kappa shape index (κ1) is 12.9. The van der Waals surface area contributed by atoms with Crippen molar-refractivity contribution in [1.29, 1.82) is 0 Å². The molecule has 0 amide bonds. The predicted molar refractivity (Wildman–Crippen MR) is 79.6 cm³/mol. The third-order valence-corrected chi connectivity index (χ3v) is 5.35. The molecule has 2 fully saturated rings. The summed E-state index contributed by atoms with van der Waals surface area (Å²) in [4.78, 5) is 4.30. The number of halogens is 1. The second-order valence-corrected chi connectivity index (χ2v) is 6.49. The molecule has 4 rings (SSSR count). The lowest BCUT2D eigenvalue weighted by atomic mass is 9.89. The van der Waals surface area contributed by atoms with Gasteiger partial charge in [0.25, 0.3) is 0 Å². The van der Waals surface area contributed by atoms with E-state index in [1.165, 1.54) is 38.9 Å². The summed E-state index contributed by atoms with van der Waals surface area (Å²) < 4.78 is 20.9. The van der Waals surface area contributed by atoms with Crippen LogP contribution in [0.3, 0.4) is 0 Å². The van der Waals surface area contributed by atoms with E-state index in [0.29, 0.717) is 17.4 Å². The maximum Gasteiger partial charge on any atom is 0.201 e. The van der Waals surface area contributed by atoms with Crippen LogP contribution in [0.4, 0.5) is 10.3 Å². The number of nitrogens with zero attached hydrogens (tertiary/aromatic N) is 2. The maximum atomic E-state index is 13.8. The van der Waals surface area contributed by atoms with Crippen molar-refractivity contribution < 1.29 is 9.13 Å². The van der Waals surface area contributed by atoms with Crippen molar-refractivity contribution in [3.8, 4) is 5.75 Å². The summed E-state index contributed by atoms with van der Waals surface area (Å²) in [6.45, 7) is 0.887. The Hall–Kier alpha value is -1.78. The molecule has 5 heteroatoms. The molecule has 21 heavy (non-hydrogen) atoms. The summed E-state index contributed by atoms with van der Waals surface area (Å²) in [5.74, 6) is 2.74. The van der Waals surface area contributed by atoms with Gasteiger partial charge in [-0.2, -0.15) is 0 Å². The highest BCUT2D eigenvalue weighted by Crippen LogP contribution is 2.49. The van der Waals surface area contributed by atoms with E-state index >= 15 is 0 Å². The second kappa shape index (κ2) is 4.61. The number of imidazole rings is 1. The molecule has 3 unspecified atom stereocenters. The van der Waals surface area contributed by atoms with E-state index in [9.17, 15) is 4.39 Å². The fourth-order valence-corrected chi connectivity index (χ4v) is 4.33. The van der Waals surface area contributed by atoms with Crippen molar-refractivity contribution in [3.05, 3.63) is 17.9 Å². The quantitative estimate of drug-likeness (QED) is 0.944. The zero-order valence-corrected chi connectivity index (χ0v) is 12.2. The standard InChI is InChI=1S/C16H20FN3O/c1-21-15-7-14-13(6-12(15)17)19-16(18)20(14)8-11-5-9-2-3-10(11)4-9/h6-7,9-11H,2-5,8H2,1H3,(H2,18,19). The number of fused-ring (bicyclic) bond motifs is 3. The van der Waals surface area contributed by atoms with Crippen LogP contribution < -0.4 is 10.5 Å². The van der Waals surface area contributed by atoms with Gasteiger partial charge in [-0.15, -0.1) is 0 Å². The van der Waals surface area contributed by atoms with E-state index in [0.717, 1.165) is 23.9 Å². The highest BCUT2D eigenvalue weighted by Gasteiger charge is 2.39. The molecular weight excluding hydrogens is 269 g/mol. The van der Waals surface area contributed by atoms with E-state index in [1.807, 2.05) is 4.57 Å². The first-order valence-corrected chi connectivity index (χ1v) is 7.65. The summed E-state index contributed by atoms with van der Waals surface area (Å²) >= 11 is 0. The zero-order valence-electron chi connectivity index (χ0n) is 12.2. The van der Waals surface area contributed by atoms with Crippen LogP contribution in [0.2, 0.25) is 0 Å². The van der Waals surface area contributed by atoms with Crippen LogP contribution in [-0.4, -0.2) is 16.7 Å². The zero-order chi connectivity index (χ0) is 14.6. The Kier molecular flexibility index (Phi) is 2.84. The van der Waals surface area contributed by atoms with Gasteiger partial charge in [0.05, 0.1) is 18.1 Å². The normalized spacial score (nSPS) is 27.6. The molecule has 1 aromatic carbocycles. The van der Waals surface area contributed by atoms with Crippen molar-refractivity contribution in [3.63, 3.8) is 0 Å². The molecule has 2 N–H and O–H groups in total. The van der Waals surface area contributed by atoms with Gasteiger partial charge in [0.1, 0.15) is 0 Å². The molecule has 2 aromatic rings. The average Bonchev–Trinajstić information content (AvgIpc) is 3.14. The monoisotopic (exact) mass is 289 g/mol. The topological polar surface area (TPSA) is 53.1 Å². The van der Waals surface area contributed by atoms with Gasteiger partial charge in [-0.25, -0.2) is 9.37 Å². The summed E-state index contributed by atoms with van der Waals surface area (Å²) in [5.41, 5.74) is 7.53. The van der Waals surface area contributed by atoms with Crippen molar-refractivity contribution in [1.82, 2.24) is 9.55 Å². The smallest absolute Gasteiger partial charge is 0.201 e. The van der Waals surface area contributed by atoms with E-state index in [2.05, 4.69) is 4.98 Å². The van der Waals surface area contributed by atoms with Gasteiger partial charge in [-0.3, -0.25) is 0 Å².